The van der Waals surface area contributed by atoms with Crippen molar-refractivity contribution in [2.24, 2.45) is 11.8 Å². The lowest BCUT2D eigenvalue weighted by molar-refractivity contribution is -0.142. The summed E-state index contributed by atoms with van der Waals surface area (Å²) in [7, 11) is 1.47. The zero-order chi connectivity index (χ0) is 24.8. The van der Waals surface area contributed by atoms with Crippen LogP contribution in [-0.4, -0.2) is 47.4 Å². The average molecular weight is 499 g/mol. The number of aromatic nitrogens is 2. The molecule has 1 heterocycles. The number of ether oxygens (including phenoxy) is 2. The molecule has 1 saturated carbocycles. The molecule has 1 aromatic heterocycles. The van der Waals surface area contributed by atoms with Gasteiger partial charge in [-0.15, -0.1) is 11.8 Å². The number of aliphatic carboxylic acids is 1. The molecule has 6 nitrogen and oxygen atoms in total. The number of carboxylic acid groups (broad SMARTS) is 1. The summed E-state index contributed by atoms with van der Waals surface area (Å²) in [6.07, 6.45) is 6.06. The summed E-state index contributed by atoms with van der Waals surface area (Å²) in [5.41, 5.74) is 2.98. The van der Waals surface area contributed by atoms with Gasteiger partial charge in [0.15, 0.2) is 11.6 Å². The summed E-state index contributed by atoms with van der Waals surface area (Å²) in [4.78, 5) is 10.7. The monoisotopic (exact) mass is 498 g/mol. The molecule has 0 unspecified atom stereocenters. The zero-order valence-corrected chi connectivity index (χ0v) is 20.9. The fourth-order valence-corrected chi connectivity index (χ4v) is 5.56. The lowest BCUT2D eigenvalue weighted by atomic mass is 9.82. The van der Waals surface area contributed by atoms with Gasteiger partial charge in [-0.3, -0.25) is 4.68 Å². The van der Waals surface area contributed by atoms with Crippen LogP contribution in [-0.2, 0) is 16.1 Å². The zero-order valence-electron chi connectivity index (χ0n) is 20.1. The number of carboxylic acids is 1. The second-order valence-corrected chi connectivity index (χ2v) is 9.69. The molecule has 0 saturated heterocycles. The average Bonchev–Trinajstić information content (AvgIpc) is 3.23. The van der Waals surface area contributed by atoms with E-state index in [0.29, 0.717) is 24.0 Å². The van der Waals surface area contributed by atoms with Gasteiger partial charge in [0.1, 0.15) is 17.3 Å². The Balaban J connectivity index is 1.61. The SMILES string of the molecule is COc1cccc(-c2c(-c3ccccc3)nn(CC3CCC(COCC(=O)O)CC3)c2SC)c1F. The van der Waals surface area contributed by atoms with Crippen molar-refractivity contribution in [3.8, 4) is 28.1 Å². The predicted molar refractivity (Wildman–Crippen MR) is 135 cm³/mol. The third-order valence-corrected chi connectivity index (χ3v) is 7.38. The lowest BCUT2D eigenvalue weighted by Gasteiger charge is -2.28. The van der Waals surface area contributed by atoms with Crippen LogP contribution in [0.5, 0.6) is 5.75 Å². The molecule has 0 aliphatic heterocycles. The van der Waals surface area contributed by atoms with Crippen LogP contribution in [0.15, 0.2) is 53.6 Å². The maximum Gasteiger partial charge on any atom is 0.329 e. The molecule has 8 heteroatoms. The Morgan fingerprint density at radius 2 is 1.83 bits per heavy atom. The number of methoxy groups -OCH3 is 1. The first-order valence-electron chi connectivity index (χ1n) is 11.8. The Hall–Kier alpha value is -2.84. The first-order chi connectivity index (χ1) is 17.0. The smallest absolute Gasteiger partial charge is 0.329 e. The number of nitrogens with zero attached hydrogens (tertiary/aromatic N) is 2. The maximum atomic E-state index is 15.4. The van der Waals surface area contributed by atoms with Gasteiger partial charge in [0.2, 0.25) is 0 Å². The summed E-state index contributed by atoms with van der Waals surface area (Å²) < 4.78 is 28.0. The number of carbonyl (C=O) groups is 1. The summed E-state index contributed by atoms with van der Waals surface area (Å²) in [6.45, 7) is 1.01. The van der Waals surface area contributed by atoms with Crippen LogP contribution >= 0.6 is 11.8 Å². The molecule has 0 bridgehead atoms. The molecular weight excluding hydrogens is 467 g/mol. The van der Waals surface area contributed by atoms with Crippen molar-refractivity contribution in [1.29, 1.82) is 0 Å². The highest BCUT2D eigenvalue weighted by Gasteiger charge is 2.27. The number of hydrogen-bond acceptors (Lipinski definition) is 5. The van der Waals surface area contributed by atoms with E-state index in [9.17, 15) is 4.79 Å². The van der Waals surface area contributed by atoms with Gasteiger partial charge in [-0.05, 0) is 49.8 Å². The second kappa shape index (κ2) is 11.7. The molecular formula is C27H31FN2O4S. The molecule has 0 spiro atoms. The van der Waals surface area contributed by atoms with Crippen LogP contribution in [0, 0.1) is 17.7 Å². The van der Waals surface area contributed by atoms with E-state index in [1.165, 1.54) is 7.11 Å². The van der Waals surface area contributed by atoms with E-state index in [2.05, 4.69) is 0 Å². The molecule has 1 aliphatic carbocycles. The van der Waals surface area contributed by atoms with Gasteiger partial charge < -0.3 is 14.6 Å². The molecule has 35 heavy (non-hydrogen) atoms. The topological polar surface area (TPSA) is 73.6 Å². The van der Waals surface area contributed by atoms with E-state index in [0.717, 1.165) is 54.1 Å². The van der Waals surface area contributed by atoms with Crippen molar-refractivity contribution in [3.63, 3.8) is 0 Å². The third kappa shape index (κ3) is 5.87. The highest BCUT2D eigenvalue weighted by molar-refractivity contribution is 7.98. The normalized spacial score (nSPS) is 17.9. The Bertz CT molecular complexity index is 1140. The minimum atomic E-state index is -0.931. The van der Waals surface area contributed by atoms with Gasteiger partial charge in [0.05, 0.1) is 13.7 Å². The highest BCUT2D eigenvalue weighted by atomic mass is 32.2. The molecule has 0 radical (unpaired) electrons. The van der Waals surface area contributed by atoms with Crippen molar-refractivity contribution in [3.05, 3.63) is 54.3 Å². The molecule has 2 aromatic carbocycles. The van der Waals surface area contributed by atoms with Crippen molar-refractivity contribution in [2.75, 3.05) is 26.6 Å². The van der Waals surface area contributed by atoms with E-state index >= 15 is 4.39 Å². The Kier molecular flexibility index (Phi) is 8.46. The van der Waals surface area contributed by atoms with Gasteiger partial charge in [-0.1, -0.05) is 42.5 Å². The third-order valence-electron chi connectivity index (χ3n) is 6.58. The van der Waals surface area contributed by atoms with Gasteiger partial charge >= 0.3 is 5.97 Å². The second-order valence-electron chi connectivity index (χ2n) is 8.90. The summed E-state index contributed by atoms with van der Waals surface area (Å²) in [5, 5.41) is 14.7. The summed E-state index contributed by atoms with van der Waals surface area (Å²) in [5.74, 6) is -0.263. The number of rotatable bonds is 10. The van der Waals surface area contributed by atoms with Gasteiger partial charge in [-0.2, -0.15) is 5.10 Å². The largest absolute Gasteiger partial charge is 0.494 e. The number of hydrogen-bond donors (Lipinski definition) is 1. The standard InChI is InChI=1S/C27H31FN2O4S/c1-33-22-10-6-9-21(25(22)28)24-26(20-7-4-3-5-8-20)29-30(27(24)35-2)15-18-11-13-19(14-12-18)16-34-17-23(31)32/h3-10,18-19H,11-17H2,1-2H3,(H,31,32). The Morgan fingerprint density at radius 3 is 2.49 bits per heavy atom. The van der Waals surface area contributed by atoms with Crippen LogP contribution < -0.4 is 4.74 Å². The molecule has 1 aliphatic rings. The molecule has 0 amide bonds. The molecule has 3 aromatic rings. The van der Waals surface area contributed by atoms with E-state index in [-0.39, 0.29) is 18.2 Å². The quantitative estimate of drug-likeness (QED) is 0.346. The van der Waals surface area contributed by atoms with Crippen molar-refractivity contribution >= 4 is 17.7 Å². The van der Waals surface area contributed by atoms with Gasteiger partial charge in [0, 0.05) is 23.2 Å². The fourth-order valence-electron chi connectivity index (χ4n) is 4.82. The minimum absolute atomic E-state index is 0.213. The number of thioether (sulfide) groups is 1. The van der Waals surface area contributed by atoms with Gasteiger partial charge in [-0.25, -0.2) is 9.18 Å². The maximum absolute atomic E-state index is 15.4. The summed E-state index contributed by atoms with van der Waals surface area (Å²) >= 11 is 1.57. The summed E-state index contributed by atoms with van der Waals surface area (Å²) in [6, 6.07) is 15.1. The molecule has 1 fully saturated rings. The highest BCUT2D eigenvalue weighted by Crippen LogP contribution is 2.42. The molecule has 186 valence electrons. The van der Waals surface area contributed by atoms with Crippen LogP contribution in [0.1, 0.15) is 25.7 Å². The Morgan fingerprint density at radius 1 is 1.11 bits per heavy atom. The van der Waals surface area contributed by atoms with Crippen molar-refractivity contribution in [2.45, 2.75) is 37.3 Å². The van der Waals surface area contributed by atoms with Crippen LogP contribution in [0.4, 0.5) is 4.39 Å². The fraction of sp³-hybridized carbons (Fsp3) is 0.407. The van der Waals surface area contributed by atoms with E-state index in [1.807, 2.05) is 41.3 Å². The van der Waals surface area contributed by atoms with Crippen LogP contribution in [0.25, 0.3) is 22.4 Å². The predicted octanol–water partition coefficient (Wildman–Crippen LogP) is 5.99. The minimum Gasteiger partial charge on any atom is -0.494 e. The lowest BCUT2D eigenvalue weighted by Crippen LogP contribution is -2.23. The number of benzene rings is 2. The van der Waals surface area contributed by atoms with E-state index in [4.69, 9.17) is 19.7 Å². The number of halogens is 1. The Labute approximate surface area is 209 Å². The first kappa shape index (κ1) is 25.3. The van der Waals surface area contributed by atoms with Crippen molar-refractivity contribution < 1.29 is 23.8 Å². The molecule has 1 N–H and O–H groups in total. The first-order valence-corrected chi connectivity index (χ1v) is 13.1. The van der Waals surface area contributed by atoms with E-state index in [1.54, 1.807) is 30.0 Å². The van der Waals surface area contributed by atoms with Crippen molar-refractivity contribution in [1.82, 2.24) is 9.78 Å². The van der Waals surface area contributed by atoms with Crippen LogP contribution in [0.3, 0.4) is 0 Å². The molecule has 4 rings (SSSR count). The molecule has 0 atom stereocenters. The van der Waals surface area contributed by atoms with Gasteiger partial charge in [0.25, 0.3) is 0 Å². The van der Waals surface area contributed by atoms with E-state index < -0.39 is 5.97 Å². The van der Waals surface area contributed by atoms with Crippen LogP contribution in [0.2, 0.25) is 0 Å².